The topological polar surface area (TPSA) is 16.8 Å². The van der Waals surface area contributed by atoms with Gasteiger partial charge in [-0.2, -0.15) is 4.57 Å². The summed E-state index contributed by atoms with van der Waals surface area (Å²) in [5.41, 5.74) is 2.13. The van der Waals surface area contributed by atoms with Crippen molar-refractivity contribution in [2.45, 2.75) is 13.8 Å². The SMILES string of the molecule is CC.C[n+]1ccccc1-c1ccccn1. The van der Waals surface area contributed by atoms with Gasteiger partial charge in [0.2, 0.25) is 5.69 Å². The zero-order valence-electron chi connectivity index (χ0n) is 9.51. The Morgan fingerprint density at radius 3 is 2.33 bits per heavy atom. The molecule has 0 spiro atoms. The molecule has 0 N–H and O–H groups in total. The fraction of sp³-hybridized carbons (Fsp3) is 0.231. The van der Waals surface area contributed by atoms with E-state index < -0.39 is 0 Å². The first-order valence-corrected chi connectivity index (χ1v) is 5.24. The Kier molecular flexibility index (Phi) is 4.48. The van der Waals surface area contributed by atoms with Crippen molar-refractivity contribution in [3.8, 4) is 11.4 Å². The summed E-state index contributed by atoms with van der Waals surface area (Å²) in [7, 11) is 2.02. The van der Waals surface area contributed by atoms with Gasteiger partial charge in [-0.05, 0) is 18.2 Å². The van der Waals surface area contributed by atoms with Crippen molar-refractivity contribution in [3.63, 3.8) is 0 Å². The van der Waals surface area contributed by atoms with Gasteiger partial charge in [-0.15, -0.1) is 0 Å². The fourth-order valence-corrected chi connectivity index (χ4v) is 1.30. The average Bonchev–Trinajstić information content (AvgIpc) is 2.33. The van der Waals surface area contributed by atoms with Crippen LogP contribution in [0.25, 0.3) is 11.4 Å². The monoisotopic (exact) mass is 201 g/mol. The van der Waals surface area contributed by atoms with Crippen LogP contribution < -0.4 is 4.57 Å². The molecule has 0 amide bonds. The van der Waals surface area contributed by atoms with Crippen molar-refractivity contribution >= 4 is 0 Å². The van der Waals surface area contributed by atoms with Gasteiger partial charge in [0.25, 0.3) is 0 Å². The van der Waals surface area contributed by atoms with E-state index in [-0.39, 0.29) is 0 Å². The van der Waals surface area contributed by atoms with E-state index in [4.69, 9.17) is 0 Å². The molecule has 2 heterocycles. The van der Waals surface area contributed by atoms with Gasteiger partial charge >= 0.3 is 0 Å². The fourth-order valence-electron chi connectivity index (χ4n) is 1.30. The third kappa shape index (κ3) is 2.88. The molecule has 0 radical (unpaired) electrons. The Balaban J connectivity index is 0.000000531. The maximum absolute atomic E-state index is 4.29. The van der Waals surface area contributed by atoms with Crippen molar-refractivity contribution < 1.29 is 4.57 Å². The molecule has 15 heavy (non-hydrogen) atoms. The highest BCUT2D eigenvalue weighted by Crippen LogP contribution is 2.09. The Bertz CT molecular complexity index is 396. The second-order valence-corrected chi connectivity index (χ2v) is 2.91. The molecule has 0 aliphatic carbocycles. The molecule has 0 bridgehead atoms. The molecular formula is C13H17N2+. The van der Waals surface area contributed by atoms with Crippen LogP contribution in [0.5, 0.6) is 0 Å². The van der Waals surface area contributed by atoms with Crippen LogP contribution in [0.1, 0.15) is 13.8 Å². The molecule has 0 fully saturated rings. The molecule has 2 heteroatoms. The second kappa shape index (κ2) is 5.91. The molecule has 0 atom stereocenters. The van der Waals surface area contributed by atoms with Gasteiger partial charge < -0.3 is 0 Å². The van der Waals surface area contributed by atoms with E-state index >= 15 is 0 Å². The molecule has 2 aromatic rings. The number of pyridine rings is 2. The van der Waals surface area contributed by atoms with Crippen LogP contribution in [0, 0.1) is 0 Å². The molecule has 2 rings (SSSR count). The highest BCUT2D eigenvalue weighted by atomic mass is 14.9. The number of hydrogen-bond acceptors (Lipinski definition) is 1. The lowest BCUT2D eigenvalue weighted by molar-refractivity contribution is -0.660. The molecule has 0 saturated heterocycles. The van der Waals surface area contributed by atoms with Crippen LogP contribution in [0.4, 0.5) is 0 Å². The van der Waals surface area contributed by atoms with Crippen molar-refractivity contribution in [2.75, 3.05) is 0 Å². The van der Waals surface area contributed by atoms with Crippen molar-refractivity contribution in [3.05, 3.63) is 48.8 Å². The first-order chi connectivity index (χ1) is 7.38. The number of nitrogens with zero attached hydrogens (tertiary/aromatic N) is 2. The Labute approximate surface area is 91.2 Å². The maximum Gasteiger partial charge on any atom is 0.230 e. The van der Waals surface area contributed by atoms with E-state index in [9.17, 15) is 0 Å². The third-order valence-electron chi connectivity index (χ3n) is 1.98. The molecule has 2 aromatic heterocycles. The normalized spacial score (nSPS) is 9.00. The van der Waals surface area contributed by atoms with Crippen molar-refractivity contribution in [1.82, 2.24) is 4.98 Å². The molecule has 78 valence electrons. The van der Waals surface area contributed by atoms with Crippen LogP contribution in [-0.4, -0.2) is 4.98 Å². The highest BCUT2D eigenvalue weighted by Gasteiger charge is 2.07. The van der Waals surface area contributed by atoms with Gasteiger partial charge in [0.05, 0.1) is 0 Å². The van der Waals surface area contributed by atoms with Crippen LogP contribution in [0.2, 0.25) is 0 Å². The third-order valence-corrected chi connectivity index (χ3v) is 1.98. The van der Waals surface area contributed by atoms with Crippen LogP contribution in [-0.2, 0) is 7.05 Å². The highest BCUT2D eigenvalue weighted by molar-refractivity contribution is 5.49. The summed E-state index contributed by atoms with van der Waals surface area (Å²) >= 11 is 0. The zero-order chi connectivity index (χ0) is 11.1. The molecular weight excluding hydrogens is 184 g/mol. The molecule has 0 aromatic carbocycles. The smallest absolute Gasteiger partial charge is 0.230 e. The Morgan fingerprint density at radius 2 is 1.73 bits per heavy atom. The summed E-state index contributed by atoms with van der Waals surface area (Å²) in [6, 6.07) is 12.0. The van der Waals surface area contributed by atoms with E-state index in [2.05, 4.69) is 15.6 Å². The van der Waals surface area contributed by atoms with Crippen LogP contribution in [0.3, 0.4) is 0 Å². The van der Waals surface area contributed by atoms with Gasteiger partial charge in [0, 0.05) is 18.3 Å². The van der Waals surface area contributed by atoms with E-state index in [1.165, 1.54) is 0 Å². The zero-order valence-corrected chi connectivity index (χ0v) is 9.51. The molecule has 0 aliphatic rings. The van der Waals surface area contributed by atoms with E-state index in [0.29, 0.717) is 0 Å². The van der Waals surface area contributed by atoms with E-state index in [0.717, 1.165) is 11.4 Å². The lowest BCUT2D eigenvalue weighted by Gasteiger charge is -1.96. The standard InChI is InChI=1S/C11H11N2.C2H6/c1-13-9-5-3-7-11(13)10-6-2-4-8-12-10;1-2/h2-9H,1H3;1-2H3/q+1;. The van der Waals surface area contributed by atoms with E-state index in [1.54, 1.807) is 0 Å². The molecule has 2 nitrogen and oxygen atoms in total. The largest absolute Gasteiger partial charge is 0.250 e. The van der Waals surface area contributed by atoms with Gasteiger partial charge in [-0.3, -0.25) is 0 Å². The number of hydrogen-bond donors (Lipinski definition) is 0. The maximum atomic E-state index is 4.29. The first kappa shape index (κ1) is 11.4. The van der Waals surface area contributed by atoms with Gasteiger partial charge in [0.1, 0.15) is 12.7 Å². The average molecular weight is 201 g/mol. The summed E-state index contributed by atoms with van der Waals surface area (Å²) in [6.45, 7) is 4.00. The van der Waals surface area contributed by atoms with Crippen molar-refractivity contribution in [1.29, 1.82) is 0 Å². The minimum atomic E-state index is 1.01. The number of aromatic nitrogens is 2. The Morgan fingerprint density at radius 1 is 1.00 bits per heavy atom. The van der Waals surface area contributed by atoms with Crippen molar-refractivity contribution in [2.24, 2.45) is 7.05 Å². The second-order valence-electron chi connectivity index (χ2n) is 2.91. The molecule has 0 aliphatic heterocycles. The summed E-state index contributed by atoms with van der Waals surface area (Å²) in [5.74, 6) is 0. The summed E-state index contributed by atoms with van der Waals surface area (Å²) in [5, 5.41) is 0. The summed E-state index contributed by atoms with van der Waals surface area (Å²) in [6.07, 6.45) is 3.83. The molecule has 0 unspecified atom stereocenters. The Hall–Kier alpha value is -1.70. The van der Waals surface area contributed by atoms with E-state index in [1.807, 2.05) is 63.6 Å². The minimum Gasteiger partial charge on any atom is -0.250 e. The van der Waals surface area contributed by atoms with Crippen LogP contribution >= 0.6 is 0 Å². The first-order valence-electron chi connectivity index (χ1n) is 5.24. The summed E-state index contributed by atoms with van der Waals surface area (Å²) < 4.78 is 2.06. The van der Waals surface area contributed by atoms with Gasteiger partial charge in [-0.25, -0.2) is 4.98 Å². The quantitative estimate of drug-likeness (QED) is 0.648. The summed E-state index contributed by atoms with van der Waals surface area (Å²) in [4.78, 5) is 4.29. The lowest BCUT2D eigenvalue weighted by atomic mass is 10.2. The predicted octanol–water partition coefficient (Wildman–Crippen LogP) is 2.60. The van der Waals surface area contributed by atoms with Gasteiger partial charge in [-0.1, -0.05) is 19.9 Å². The minimum absolute atomic E-state index is 1.01. The number of aryl methyl sites for hydroxylation is 1. The number of rotatable bonds is 1. The predicted molar refractivity (Wildman–Crippen MR) is 62.2 cm³/mol. The van der Waals surface area contributed by atoms with Crippen LogP contribution in [0.15, 0.2) is 48.8 Å². The molecule has 0 saturated carbocycles. The van der Waals surface area contributed by atoms with Gasteiger partial charge in [0.15, 0.2) is 6.20 Å². The lowest BCUT2D eigenvalue weighted by Crippen LogP contribution is -2.30.